The van der Waals surface area contributed by atoms with Crippen LogP contribution < -0.4 is 16.3 Å². The molecule has 0 radical (unpaired) electrons. The van der Waals surface area contributed by atoms with Gasteiger partial charge in [-0.2, -0.15) is 0 Å². The molecular formula is C8H14N2O3. The lowest BCUT2D eigenvalue weighted by Gasteiger charge is -2.08. The molecule has 1 heterocycles. The summed E-state index contributed by atoms with van der Waals surface area (Å²) in [6.07, 6.45) is 2.12. The van der Waals surface area contributed by atoms with Crippen molar-refractivity contribution in [3.05, 3.63) is 22.7 Å². The molecule has 0 aliphatic rings. The average Bonchev–Trinajstić information content (AvgIpc) is 2.13. The maximum Gasteiger partial charge on any atom is 0.251 e. The summed E-state index contributed by atoms with van der Waals surface area (Å²) >= 11 is 0. The zero-order chi connectivity index (χ0) is 10.4. The predicted octanol–water partition coefficient (Wildman–Crippen LogP) is 0.681. The van der Waals surface area contributed by atoms with E-state index in [1.54, 1.807) is 0 Å². The molecule has 1 aromatic heterocycles. The van der Waals surface area contributed by atoms with Gasteiger partial charge in [0.1, 0.15) is 18.2 Å². The van der Waals surface area contributed by atoms with E-state index in [0.717, 1.165) is 11.3 Å². The lowest BCUT2D eigenvalue weighted by molar-refractivity contribution is 0.429. The standard InChI is InChI=1S/C6H8N2O3.C2H6/c1-8(7)4-2-11-3-5(9)6(4)10;1-2/h2-3,9H,7H2,1H3;1-2H3. The molecule has 0 saturated heterocycles. The highest BCUT2D eigenvalue weighted by molar-refractivity contribution is 5.44. The molecular weight excluding hydrogens is 172 g/mol. The van der Waals surface area contributed by atoms with Crippen molar-refractivity contribution in [1.29, 1.82) is 0 Å². The first-order valence-corrected chi connectivity index (χ1v) is 3.91. The van der Waals surface area contributed by atoms with Crippen LogP contribution in [0.4, 0.5) is 5.69 Å². The van der Waals surface area contributed by atoms with Crippen molar-refractivity contribution in [2.45, 2.75) is 13.8 Å². The molecule has 5 heteroatoms. The highest BCUT2D eigenvalue weighted by atomic mass is 16.3. The Bertz CT molecular complexity index is 307. The van der Waals surface area contributed by atoms with Crippen molar-refractivity contribution in [1.82, 2.24) is 0 Å². The van der Waals surface area contributed by atoms with Gasteiger partial charge in [-0.15, -0.1) is 0 Å². The van der Waals surface area contributed by atoms with Crippen LogP contribution in [0.25, 0.3) is 0 Å². The van der Waals surface area contributed by atoms with Crippen LogP contribution in [0, 0.1) is 0 Å². The molecule has 0 amide bonds. The van der Waals surface area contributed by atoms with Crippen LogP contribution >= 0.6 is 0 Å². The first-order valence-electron chi connectivity index (χ1n) is 3.91. The first-order chi connectivity index (χ1) is 6.13. The molecule has 13 heavy (non-hydrogen) atoms. The molecule has 0 aromatic carbocycles. The van der Waals surface area contributed by atoms with Gasteiger partial charge in [0.15, 0.2) is 0 Å². The minimum atomic E-state index is -0.541. The summed E-state index contributed by atoms with van der Waals surface area (Å²) in [6, 6.07) is 0. The molecule has 0 fully saturated rings. The van der Waals surface area contributed by atoms with Crippen molar-refractivity contribution >= 4 is 5.69 Å². The lowest BCUT2D eigenvalue weighted by Crippen LogP contribution is -2.29. The molecule has 0 aliphatic carbocycles. The normalized spacial score (nSPS) is 8.62. The Labute approximate surface area is 76.4 Å². The van der Waals surface area contributed by atoms with Gasteiger partial charge < -0.3 is 14.5 Å². The van der Waals surface area contributed by atoms with Crippen LogP contribution in [0.1, 0.15) is 13.8 Å². The number of aromatic hydroxyl groups is 1. The molecule has 1 aromatic rings. The fourth-order valence-corrected chi connectivity index (χ4v) is 0.644. The molecule has 0 saturated carbocycles. The smallest absolute Gasteiger partial charge is 0.251 e. The maximum atomic E-state index is 11.0. The maximum absolute atomic E-state index is 11.0. The fraction of sp³-hybridized carbons (Fsp3) is 0.375. The van der Waals surface area contributed by atoms with Crippen molar-refractivity contribution < 1.29 is 9.52 Å². The molecule has 1 rings (SSSR count). The first kappa shape index (κ1) is 11.5. The van der Waals surface area contributed by atoms with Crippen LogP contribution in [0.5, 0.6) is 5.75 Å². The van der Waals surface area contributed by atoms with Crippen molar-refractivity contribution in [3.8, 4) is 5.75 Å². The number of hydrogen-bond acceptors (Lipinski definition) is 5. The van der Waals surface area contributed by atoms with Crippen LogP contribution in [0.15, 0.2) is 21.7 Å². The van der Waals surface area contributed by atoms with E-state index in [0.29, 0.717) is 0 Å². The predicted molar refractivity (Wildman–Crippen MR) is 50.6 cm³/mol. The van der Waals surface area contributed by atoms with Crippen molar-refractivity contribution in [3.63, 3.8) is 0 Å². The third-order valence-electron chi connectivity index (χ3n) is 1.20. The monoisotopic (exact) mass is 186 g/mol. The highest BCUT2D eigenvalue weighted by Crippen LogP contribution is 2.07. The third kappa shape index (κ3) is 2.79. The Kier molecular flexibility index (Phi) is 4.61. The summed E-state index contributed by atoms with van der Waals surface area (Å²) in [5.41, 5.74) is -0.425. The molecule has 5 nitrogen and oxygen atoms in total. The third-order valence-corrected chi connectivity index (χ3v) is 1.20. The number of hydrazine groups is 1. The van der Waals surface area contributed by atoms with Crippen molar-refractivity contribution in [2.75, 3.05) is 12.1 Å². The van der Waals surface area contributed by atoms with Gasteiger partial charge in [0, 0.05) is 7.05 Å². The molecule has 0 atom stereocenters. The second kappa shape index (κ2) is 5.21. The van der Waals surface area contributed by atoms with Gasteiger partial charge in [-0.05, 0) is 0 Å². The minimum Gasteiger partial charge on any atom is -0.502 e. The van der Waals surface area contributed by atoms with E-state index in [9.17, 15) is 4.79 Å². The number of nitrogens with two attached hydrogens (primary N) is 1. The molecule has 0 bridgehead atoms. The zero-order valence-electron chi connectivity index (χ0n) is 7.94. The molecule has 74 valence electrons. The Morgan fingerprint density at radius 3 is 2.38 bits per heavy atom. The zero-order valence-corrected chi connectivity index (χ0v) is 7.94. The van der Waals surface area contributed by atoms with Crippen LogP contribution in [0.3, 0.4) is 0 Å². The van der Waals surface area contributed by atoms with E-state index in [-0.39, 0.29) is 5.69 Å². The Morgan fingerprint density at radius 2 is 2.00 bits per heavy atom. The van der Waals surface area contributed by atoms with E-state index < -0.39 is 11.2 Å². The van der Waals surface area contributed by atoms with Gasteiger partial charge in [-0.1, -0.05) is 13.8 Å². The Hall–Kier alpha value is -1.49. The number of hydrogen-bond donors (Lipinski definition) is 2. The number of rotatable bonds is 1. The molecule has 0 spiro atoms. The van der Waals surface area contributed by atoms with Gasteiger partial charge in [-0.25, -0.2) is 5.84 Å². The second-order valence-electron chi connectivity index (χ2n) is 2.08. The van der Waals surface area contributed by atoms with Gasteiger partial charge >= 0.3 is 0 Å². The highest BCUT2D eigenvalue weighted by Gasteiger charge is 2.06. The fourth-order valence-electron chi connectivity index (χ4n) is 0.644. The van der Waals surface area contributed by atoms with Crippen LogP contribution in [0.2, 0.25) is 0 Å². The average molecular weight is 186 g/mol. The summed E-state index contributed by atoms with van der Waals surface area (Å²) in [7, 11) is 1.48. The van der Waals surface area contributed by atoms with Gasteiger partial charge in [0.05, 0.1) is 0 Å². The van der Waals surface area contributed by atoms with E-state index in [1.165, 1.54) is 13.3 Å². The quantitative estimate of drug-likeness (QED) is 0.498. The SMILES string of the molecule is CC.CN(N)c1cocc(O)c1=O. The number of nitrogens with zero attached hydrogens (tertiary/aromatic N) is 1. The summed E-state index contributed by atoms with van der Waals surface area (Å²) < 4.78 is 4.61. The summed E-state index contributed by atoms with van der Waals surface area (Å²) in [5.74, 6) is 4.80. The molecule has 0 aliphatic heterocycles. The summed E-state index contributed by atoms with van der Waals surface area (Å²) in [4.78, 5) is 11.0. The molecule has 3 N–H and O–H groups in total. The van der Waals surface area contributed by atoms with Gasteiger partial charge in [0.25, 0.3) is 5.43 Å². The Balaban J connectivity index is 0.000000671. The van der Waals surface area contributed by atoms with E-state index in [1.807, 2.05) is 13.8 Å². The summed E-state index contributed by atoms with van der Waals surface area (Å²) in [5, 5.41) is 9.94. The van der Waals surface area contributed by atoms with E-state index >= 15 is 0 Å². The van der Waals surface area contributed by atoms with Gasteiger partial charge in [-0.3, -0.25) is 4.79 Å². The van der Waals surface area contributed by atoms with Gasteiger partial charge in [0.2, 0.25) is 5.75 Å². The number of anilines is 1. The Morgan fingerprint density at radius 1 is 1.46 bits per heavy atom. The van der Waals surface area contributed by atoms with E-state index in [2.05, 4.69) is 4.42 Å². The second-order valence-corrected chi connectivity index (χ2v) is 2.08. The van der Waals surface area contributed by atoms with Crippen molar-refractivity contribution in [2.24, 2.45) is 5.84 Å². The summed E-state index contributed by atoms with van der Waals surface area (Å²) in [6.45, 7) is 4.00. The van der Waals surface area contributed by atoms with Crippen LogP contribution in [-0.2, 0) is 0 Å². The van der Waals surface area contributed by atoms with Crippen LogP contribution in [-0.4, -0.2) is 12.2 Å². The largest absolute Gasteiger partial charge is 0.502 e. The lowest BCUT2D eigenvalue weighted by atomic mass is 10.4. The van der Waals surface area contributed by atoms with E-state index in [4.69, 9.17) is 10.9 Å². The molecule has 0 unspecified atom stereocenters. The minimum absolute atomic E-state index is 0.116. The topological polar surface area (TPSA) is 79.7 Å².